The van der Waals surface area contributed by atoms with Crippen LogP contribution in [0.5, 0.6) is 0 Å². The molecular weight excluding hydrogens is 268 g/mol. The maximum absolute atomic E-state index is 10.3. The van der Waals surface area contributed by atoms with Crippen molar-refractivity contribution in [3.63, 3.8) is 0 Å². The van der Waals surface area contributed by atoms with Gasteiger partial charge in [-0.2, -0.15) is 0 Å². The molecule has 0 saturated carbocycles. The Morgan fingerprint density at radius 3 is 3.05 bits per heavy atom. The molecule has 2 aliphatic rings. The Balaban J connectivity index is 1.80. The van der Waals surface area contributed by atoms with Gasteiger partial charge in [-0.05, 0) is 43.6 Å². The van der Waals surface area contributed by atoms with Gasteiger partial charge in [0.25, 0.3) is 0 Å². The molecule has 0 radical (unpaired) electrons. The van der Waals surface area contributed by atoms with E-state index in [4.69, 9.17) is 4.98 Å². The zero-order valence-corrected chi connectivity index (χ0v) is 12.8. The molecule has 106 valence electrons. The molecule has 0 fully saturated rings. The number of fused-ring (bicyclic) bond motifs is 2. The molecular formula is C16H20N2OS. The molecule has 1 unspecified atom stereocenters. The fourth-order valence-electron chi connectivity index (χ4n) is 3.59. The van der Waals surface area contributed by atoms with E-state index in [2.05, 4.69) is 30.7 Å². The lowest BCUT2D eigenvalue weighted by atomic mass is 9.75. The third-order valence-corrected chi connectivity index (χ3v) is 5.73. The van der Waals surface area contributed by atoms with Crippen LogP contribution in [0.15, 0.2) is 12.3 Å². The minimum Gasteiger partial charge on any atom is -0.388 e. The second-order valence-electron chi connectivity index (χ2n) is 6.87. The van der Waals surface area contributed by atoms with Crippen LogP contribution in [0.4, 0.5) is 0 Å². The van der Waals surface area contributed by atoms with E-state index in [1.165, 1.54) is 29.1 Å². The molecule has 3 nitrogen and oxygen atoms in total. The zero-order chi connectivity index (χ0) is 13.9. The van der Waals surface area contributed by atoms with Crippen molar-refractivity contribution in [3.8, 4) is 5.13 Å². The summed E-state index contributed by atoms with van der Waals surface area (Å²) >= 11 is 1.82. The van der Waals surface area contributed by atoms with Gasteiger partial charge in [0.2, 0.25) is 0 Å². The van der Waals surface area contributed by atoms with Crippen LogP contribution in [0.25, 0.3) is 5.13 Å². The number of nitrogens with zero attached hydrogens (tertiary/aromatic N) is 2. The Morgan fingerprint density at radius 2 is 2.25 bits per heavy atom. The molecule has 2 aliphatic carbocycles. The van der Waals surface area contributed by atoms with Crippen LogP contribution in [0.2, 0.25) is 0 Å². The predicted octanol–water partition coefficient (Wildman–Crippen LogP) is 3.43. The minimum atomic E-state index is -0.332. The summed E-state index contributed by atoms with van der Waals surface area (Å²) in [6, 6.07) is 2.07. The van der Waals surface area contributed by atoms with Crippen LogP contribution in [0.1, 0.15) is 54.6 Å². The second-order valence-corrected chi connectivity index (χ2v) is 7.93. The third kappa shape index (κ3) is 1.85. The number of aliphatic hydroxyl groups is 1. The first-order valence-electron chi connectivity index (χ1n) is 7.41. The summed E-state index contributed by atoms with van der Waals surface area (Å²) < 4.78 is 2.21. The van der Waals surface area contributed by atoms with E-state index in [9.17, 15) is 5.11 Å². The normalized spacial score (nSPS) is 23.6. The average Bonchev–Trinajstić information content (AvgIpc) is 2.97. The van der Waals surface area contributed by atoms with Crippen LogP contribution in [-0.2, 0) is 19.3 Å². The highest BCUT2D eigenvalue weighted by atomic mass is 32.1. The van der Waals surface area contributed by atoms with E-state index in [1.54, 1.807) is 0 Å². The van der Waals surface area contributed by atoms with Crippen LogP contribution in [0, 0.1) is 5.41 Å². The molecule has 0 spiro atoms. The van der Waals surface area contributed by atoms with Crippen LogP contribution in [0.3, 0.4) is 0 Å². The van der Waals surface area contributed by atoms with Gasteiger partial charge in [-0.1, -0.05) is 13.8 Å². The Morgan fingerprint density at radius 1 is 1.40 bits per heavy atom. The van der Waals surface area contributed by atoms with Gasteiger partial charge < -0.3 is 5.11 Å². The van der Waals surface area contributed by atoms with E-state index >= 15 is 0 Å². The quantitative estimate of drug-likeness (QED) is 0.873. The SMILES string of the molecule is CC1(C)Cc2c(ccn2-c2nc3c(s2)CCC3)C(O)C1. The molecule has 1 atom stereocenters. The summed E-state index contributed by atoms with van der Waals surface area (Å²) in [5, 5.41) is 11.4. The van der Waals surface area contributed by atoms with Gasteiger partial charge in [-0.25, -0.2) is 4.98 Å². The minimum absolute atomic E-state index is 0.155. The van der Waals surface area contributed by atoms with Gasteiger partial charge in [-0.3, -0.25) is 4.57 Å². The first-order chi connectivity index (χ1) is 9.53. The molecule has 20 heavy (non-hydrogen) atoms. The molecule has 0 bridgehead atoms. The van der Waals surface area contributed by atoms with Crippen molar-refractivity contribution in [2.24, 2.45) is 5.41 Å². The summed E-state index contributed by atoms with van der Waals surface area (Å²) in [4.78, 5) is 6.27. The molecule has 0 saturated heterocycles. The summed E-state index contributed by atoms with van der Waals surface area (Å²) in [5.41, 5.74) is 3.80. The van der Waals surface area contributed by atoms with Gasteiger partial charge in [0.15, 0.2) is 5.13 Å². The summed E-state index contributed by atoms with van der Waals surface area (Å²) in [7, 11) is 0. The first kappa shape index (κ1) is 12.6. The number of thiazole rings is 1. The molecule has 4 heteroatoms. The van der Waals surface area contributed by atoms with E-state index < -0.39 is 0 Å². The van der Waals surface area contributed by atoms with Crippen LogP contribution < -0.4 is 0 Å². The summed E-state index contributed by atoms with van der Waals surface area (Å²) in [6.07, 6.45) is 7.18. The maximum Gasteiger partial charge on any atom is 0.194 e. The van der Waals surface area contributed by atoms with Gasteiger partial charge >= 0.3 is 0 Å². The van der Waals surface area contributed by atoms with Gasteiger partial charge in [0.05, 0.1) is 11.8 Å². The molecule has 2 aromatic heterocycles. The Labute approximate surface area is 123 Å². The smallest absolute Gasteiger partial charge is 0.194 e. The molecule has 0 aromatic carbocycles. The molecule has 4 rings (SSSR count). The van der Waals surface area contributed by atoms with Crippen molar-refractivity contribution >= 4 is 11.3 Å². The highest BCUT2D eigenvalue weighted by molar-refractivity contribution is 7.14. The molecule has 0 amide bonds. The maximum atomic E-state index is 10.3. The van der Waals surface area contributed by atoms with Gasteiger partial charge in [0.1, 0.15) is 0 Å². The summed E-state index contributed by atoms with van der Waals surface area (Å²) in [5.74, 6) is 0. The van der Waals surface area contributed by atoms with Crippen molar-refractivity contribution in [2.45, 2.75) is 52.1 Å². The lowest BCUT2D eigenvalue weighted by Crippen LogP contribution is -2.26. The highest BCUT2D eigenvalue weighted by Crippen LogP contribution is 2.42. The third-order valence-electron chi connectivity index (χ3n) is 4.57. The van der Waals surface area contributed by atoms with Crippen molar-refractivity contribution in [2.75, 3.05) is 0 Å². The van der Waals surface area contributed by atoms with Gasteiger partial charge in [-0.15, -0.1) is 11.3 Å². The van der Waals surface area contributed by atoms with Crippen molar-refractivity contribution < 1.29 is 5.11 Å². The number of aliphatic hydroxyl groups excluding tert-OH is 1. The largest absolute Gasteiger partial charge is 0.388 e. The number of aromatic nitrogens is 2. The van der Waals surface area contributed by atoms with Crippen molar-refractivity contribution in [3.05, 3.63) is 34.1 Å². The number of hydrogen-bond donors (Lipinski definition) is 1. The lowest BCUT2D eigenvalue weighted by molar-refractivity contribution is 0.0987. The fraction of sp³-hybridized carbons (Fsp3) is 0.562. The molecule has 2 aromatic rings. The van der Waals surface area contributed by atoms with E-state index in [0.717, 1.165) is 30.0 Å². The highest BCUT2D eigenvalue weighted by Gasteiger charge is 2.34. The van der Waals surface area contributed by atoms with E-state index in [-0.39, 0.29) is 11.5 Å². The monoisotopic (exact) mass is 288 g/mol. The Hall–Kier alpha value is -1.13. The summed E-state index contributed by atoms with van der Waals surface area (Å²) in [6.45, 7) is 4.47. The number of rotatable bonds is 1. The standard InChI is InChI=1S/C16H20N2OS/c1-16(2)8-12-10(13(19)9-16)6-7-18(12)15-17-11-4-3-5-14(11)20-15/h6-7,13,19H,3-5,8-9H2,1-2H3. The number of hydrogen-bond acceptors (Lipinski definition) is 3. The Bertz CT molecular complexity index is 647. The van der Waals surface area contributed by atoms with Gasteiger partial charge in [0, 0.05) is 22.3 Å². The van der Waals surface area contributed by atoms with E-state index in [1.807, 2.05) is 11.3 Å². The van der Waals surface area contributed by atoms with Crippen LogP contribution >= 0.6 is 11.3 Å². The topological polar surface area (TPSA) is 38.0 Å². The predicted molar refractivity (Wildman–Crippen MR) is 80.5 cm³/mol. The second kappa shape index (κ2) is 4.18. The van der Waals surface area contributed by atoms with Crippen molar-refractivity contribution in [1.29, 1.82) is 0 Å². The number of aryl methyl sites for hydroxylation is 2. The lowest BCUT2D eigenvalue weighted by Gasteiger charge is -2.33. The molecule has 0 aliphatic heterocycles. The average molecular weight is 288 g/mol. The Kier molecular flexibility index (Phi) is 2.63. The van der Waals surface area contributed by atoms with Crippen LogP contribution in [-0.4, -0.2) is 14.7 Å². The van der Waals surface area contributed by atoms with Crippen molar-refractivity contribution in [1.82, 2.24) is 9.55 Å². The molecule has 2 heterocycles. The zero-order valence-electron chi connectivity index (χ0n) is 12.0. The molecule has 1 N–H and O–H groups in total. The first-order valence-corrected chi connectivity index (χ1v) is 8.22. The fourth-order valence-corrected chi connectivity index (χ4v) is 4.75. The van der Waals surface area contributed by atoms with E-state index in [0.29, 0.717) is 0 Å².